The maximum absolute atomic E-state index is 15.1. The van der Waals surface area contributed by atoms with E-state index in [1.165, 1.54) is 6.07 Å². The molecule has 0 bridgehead atoms. The van der Waals surface area contributed by atoms with Crippen LogP contribution in [0.25, 0.3) is 22.0 Å². The molecule has 1 aliphatic rings. The van der Waals surface area contributed by atoms with Crippen molar-refractivity contribution < 1.29 is 37.0 Å². The van der Waals surface area contributed by atoms with Gasteiger partial charge in [0, 0.05) is 36.3 Å². The molecule has 11 heteroatoms. The SMILES string of the molecule is Cc1ccc(Oc2ccc(-c3cccc4c3C(=O)N(CCc3ccc5ccccc5n3)C4)cc2F)c(C)n1.O=C(O)C(F)(F)F. The van der Waals surface area contributed by atoms with Crippen LogP contribution in [-0.4, -0.2) is 44.6 Å². The van der Waals surface area contributed by atoms with Crippen molar-refractivity contribution in [3.63, 3.8) is 0 Å². The molecule has 0 atom stereocenters. The summed E-state index contributed by atoms with van der Waals surface area (Å²) in [7, 11) is 0. The largest absolute Gasteiger partial charge is 0.490 e. The molecule has 7 nitrogen and oxygen atoms in total. The van der Waals surface area contributed by atoms with Gasteiger partial charge < -0.3 is 14.7 Å². The first-order valence-corrected chi connectivity index (χ1v) is 13.9. The second-order valence-electron chi connectivity index (χ2n) is 10.4. The summed E-state index contributed by atoms with van der Waals surface area (Å²) in [5.74, 6) is -2.67. The van der Waals surface area contributed by atoms with Crippen molar-refractivity contribution in [3.8, 4) is 22.6 Å². The predicted octanol–water partition coefficient (Wildman–Crippen LogP) is 7.68. The van der Waals surface area contributed by atoms with Crippen LogP contribution in [0.4, 0.5) is 17.6 Å². The molecule has 1 N–H and O–H groups in total. The Morgan fingerprint density at radius 1 is 0.933 bits per heavy atom. The van der Waals surface area contributed by atoms with Crippen LogP contribution >= 0.6 is 0 Å². The van der Waals surface area contributed by atoms with Crippen LogP contribution in [0.5, 0.6) is 11.5 Å². The van der Waals surface area contributed by atoms with Crippen LogP contribution in [-0.2, 0) is 17.8 Å². The summed E-state index contributed by atoms with van der Waals surface area (Å²) < 4.78 is 52.7. The first-order valence-electron chi connectivity index (χ1n) is 13.9. The number of alkyl halides is 3. The fourth-order valence-electron chi connectivity index (χ4n) is 4.99. The number of aliphatic carboxylic acids is 1. The Morgan fingerprint density at radius 2 is 1.67 bits per heavy atom. The number of nitrogens with zero attached hydrogens (tertiary/aromatic N) is 3. The molecule has 0 aliphatic carbocycles. The Labute approximate surface area is 255 Å². The lowest BCUT2D eigenvalue weighted by atomic mass is 9.96. The van der Waals surface area contributed by atoms with E-state index in [4.69, 9.17) is 19.6 Å². The average molecular weight is 618 g/mol. The van der Waals surface area contributed by atoms with Gasteiger partial charge in [-0.15, -0.1) is 0 Å². The number of carbonyl (C=O) groups excluding carboxylic acids is 1. The Morgan fingerprint density at radius 3 is 2.38 bits per heavy atom. The van der Waals surface area contributed by atoms with Crippen LogP contribution in [0.1, 0.15) is 33.0 Å². The highest BCUT2D eigenvalue weighted by Crippen LogP contribution is 2.35. The average Bonchev–Trinajstić information content (AvgIpc) is 3.33. The first-order chi connectivity index (χ1) is 21.4. The molecule has 0 saturated heterocycles. The van der Waals surface area contributed by atoms with E-state index in [9.17, 15) is 18.0 Å². The number of carbonyl (C=O) groups is 2. The minimum absolute atomic E-state index is 0.0431. The number of para-hydroxylation sites is 1. The summed E-state index contributed by atoms with van der Waals surface area (Å²) in [6.45, 7) is 4.81. The number of pyridine rings is 2. The molecule has 1 amide bonds. The summed E-state index contributed by atoms with van der Waals surface area (Å²) in [4.78, 5) is 33.3. The lowest BCUT2D eigenvalue weighted by Gasteiger charge is -2.16. The third-order valence-corrected chi connectivity index (χ3v) is 7.19. The maximum Gasteiger partial charge on any atom is 0.490 e. The predicted molar refractivity (Wildman–Crippen MR) is 159 cm³/mol. The van der Waals surface area contributed by atoms with Crippen LogP contribution < -0.4 is 4.74 Å². The molecule has 230 valence electrons. The van der Waals surface area contributed by atoms with Gasteiger partial charge in [0.2, 0.25) is 0 Å². The Bertz CT molecular complexity index is 1910. The maximum atomic E-state index is 15.1. The number of hydrogen-bond acceptors (Lipinski definition) is 5. The van der Waals surface area contributed by atoms with Crippen molar-refractivity contribution in [2.75, 3.05) is 6.54 Å². The number of carboxylic acids is 1. The molecule has 45 heavy (non-hydrogen) atoms. The number of aromatic nitrogens is 2. The molecule has 3 heterocycles. The standard InChI is InChI=1S/C32H26FN3O2.C2HF3O2/c1-20-10-14-29(21(2)34-20)38-30-15-12-23(18-27(30)33)26-8-5-7-24-19-36(32(37)31(24)26)17-16-25-13-11-22-6-3-4-9-28(22)35-25;3-2(4,5)1(6)7/h3-15,18H,16-17,19H2,1-2H3;(H,6,7). The molecule has 1 aliphatic heterocycles. The van der Waals surface area contributed by atoms with E-state index in [0.717, 1.165) is 33.4 Å². The molecule has 3 aromatic carbocycles. The second kappa shape index (κ2) is 12.7. The third kappa shape index (κ3) is 7.09. The minimum Gasteiger partial charge on any atom is -0.475 e. The van der Waals surface area contributed by atoms with Gasteiger partial charge in [-0.1, -0.05) is 48.5 Å². The molecule has 0 saturated carbocycles. The summed E-state index contributed by atoms with van der Waals surface area (Å²) >= 11 is 0. The van der Waals surface area contributed by atoms with Crippen molar-refractivity contribution in [2.45, 2.75) is 33.0 Å². The van der Waals surface area contributed by atoms with Crippen molar-refractivity contribution in [3.05, 3.63) is 119 Å². The van der Waals surface area contributed by atoms with Crippen molar-refractivity contribution >= 4 is 22.8 Å². The lowest BCUT2D eigenvalue weighted by Crippen LogP contribution is -2.26. The van der Waals surface area contributed by atoms with E-state index < -0.39 is 18.0 Å². The summed E-state index contributed by atoms with van der Waals surface area (Å²) in [6.07, 6.45) is -4.42. The summed E-state index contributed by atoms with van der Waals surface area (Å²) in [5.41, 5.74) is 6.40. The molecule has 0 fully saturated rings. The Kier molecular flexibility index (Phi) is 8.80. The van der Waals surface area contributed by atoms with Crippen LogP contribution in [0, 0.1) is 19.7 Å². The second-order valence-corrected chi connectivity index (χ2v) is 10.4. The molecule has 0 unspecified atom stereocenters. The number of amides is 1. The van der Waals surface area contributed by atoms with Crippen LogP contribution in [0.3, 0.4) is 0 Å². The van der Waals surface area contributed by atoms with E-state index in [-0.39, 0.29) is 11.7 Å². The number of fused-ring (bicyclic) bond motifs is 2. The minimum atomic E-state index is -5.08. The van der Waals surface area contributed by atoms with Gasteiger partial charge in [0.25, 0.3) is 5.91 Å². The zero-order chi connectivity index (χ0) is 32.3. The van der Waals surface area contributed by atoms with Gasteiger partial charge in [0.05, 0.1) is 16.8 Å². The lowest BCUT2D eigenvalue weighted by molar-refractivity contribution is -0.192. The topological polar surface area (TPSA) is 92.6 Å². The fraction of sp³-hybridized carbons (Fsp3) is 0.176. The number of ether oxygens (including phenoxy) is 1. The fourth-order valence-corrected chi connectivity index (χ4v) is 4.99. The van der Waals surface area contributed by atoms with Gasteiger partial charge in [0.15, 0.2) is 11.6 Å². The monoisotopic (exact) mass is 617 g/mol. The zero-order valence-electron chi connectivity index (χ0n) is 24.2. The van der Waals surface area contributed by atoms with Gasteiger partial charge in [-0.3, -0.25) is 14.8 Å². The smallest absolute Gasteiger partial charge is 0.475 e. The van der Waals surface area contributed by atoms with Gasteiger partial charge in [-0.2, -0.15) is 13.2 Å². The third-order valence-electron chi connectivity index (χ3n) is 7.19. The number of halogens is 4. The van der Waals surface area contributed by atoms with Gasteiger partial charge in [0.1, 0.15) is 5.75 Å². The van der Waals surface area contributed by atoms with Crippen molar-refractivity contribution in [1.29, 1.82) is 0 Å². The van der Waals surface area contributed by atoms with E-state index in [0.29, 0.717) is 42.1 Å². The van der Waals surface area contributed by atoms with Crippen LogP contribution in [0.15, 0.2) is 84.9 Å². The van der Waals surface area contributed by atoms with Gasteiger partial charge >= 0.3 is 12.1 Å². The summed E-state index contributed by atoms with van der Waals surface area (Å²) in [6, 6.07) is 26.3. The van der Waals surface area contributed by atoms with Crippen molar-refractivity contribution in [2.24, 2.45) is 0 Å². The van der Waals surface area contributed by atoms with Gasteiger partial charge in [-0.25, -0.2) is 9.18 Å². The molecular weight excluding hydrogens is 590 g/mol. The van der Waals surface area contributed by atoms with E-state index in [1.807, 2.05) is 73.3 Å². The quantitative estimate of drug-likeness (QED) is 0.197. The molecule has 0 spiro atoms. The number of rotatable bonds is 6. The molecule has 5 aromatic rings. The number of carboxylic acid groups (broad SMARTS) is 1. The highest BCUT2D eigenvalue weighted by molar-refractivity contribution is 6.04. The summed E-state index contributed by atoms with van der Waals surface area (Å²) in [5, 5.41) is 8.22. The highest BCUT2D eigenvalue weighted by atomic mass is 19.4. The molecule has 0 radical (unpaired) electrons. The number of benzene rings is 3. The normalized spacial score (nSPS) is 12.5. The highest BCUT2D eigenvalue weighted by Gasteiger charge is 2.38. The Balaban J connectivity index is 0.000000515. The number of hydrogen-bond donors (Lipinski definition) is 1. The van der Waals surface area contributed by atoms with E-state index in [2.05, 4.69) is 11.1 Å². The molecule has 2 aromatic heterocycles. The van der Waals surface area contributed by atoms with Crippen LogP contribution in [0.2, 0.25) is 0 Å². The molecule has 6 rings (SSSR count). The first kappa shape index (κ1) is 31.1. The van der Waals surface area contributed by atoms with E-state index >= 15 is 4.39 Å². The number of aryl methyl sites for hydroxylation is 2. The zero-order valence-corrected chi connectivity index (χ0v) is 24.2. The Hall–Kier alpha value is -5.32. The van der Waals surface area contributed by atoms with Gasteiger partial charge in [-0.05, 0) is 66.9 Å². The van der Waals surface area contributed by atoms with Crippen molar-refractivity contribution in [1.82, 2.24) is 14.9 Å². The molecular formula is C34H27F4N3O4. The van der Waals surface area contributed by atoms with E-state index in [1.54, 1.807) is 18.2 Å².